The highest BCUT2D eigenvalue weighted by molar-refractivity contribution is 7.99. The van der Waals surface area contributed by atoms with E-state index in [1.54, 1.807) is 12.1 Å². The summed E-state index contributed by atoms with van der Waals surface area (Å²) in [4.78, 5) is 11.9. The van der Waals surface area contributed by atoms with Crippen molar-refractivity contribution in [2.45, 2.75) is 25.7 Å². The lowest BCUT2D eigenvalue weighted by Crippen LogP contribution is -2.15. The molecule has 0 radical (unpaired) electrons. The molecule has 0 amide bonds. The largest absolute Gasteiger partial charge is 0.299 e. The predicted octanol–water partition coefficient (Wildman–Crippen LogP) is 4.12. The summed E-state index contributed by atoms with van der Waals surface area (Å²) in [6.45, 7) is 0. The third-order valence-corrected chi connectivity index (χ3v) is 4.58. The molecular weight excluding hydrogens is 271 g/mol. The molecule has 0 N–H and O–H groups in total. The van der Waals surface area contributed by atoms with Gasteiger partial charge in [-0.1, -0.05) is 17.7 Å². The molecular formula is C14H16ClFOS. The van der Waals surface area contributed by atoms with Crippen LogP contribution in [0.2, 0.25) is 5.02 Å². The molecule has 1 saturated heterocycles. The molecule has 1 heterocycles. The third kappa shape index (κ3) is 3.99. The highest BCUT2D eigenvalue weighted by atomic mass is 35.5. The van der Waals surface area contributed by atoms with Crippen LogP contribution in [0.3, 0.4) is 0 Å². The summed E-state index contributed by atoms with van der Waals surface area (Å²) >= 11 is 7.66. The molecule has 1 aliphatic heterocycles. The lowest BCUT2D eigenvalue weighted by Gasteiger charge is -2.20. The van der Waals surface area contributed by atoms with E-state index in [1.807, 2.05) is 11.8 Å². The highest BCUT2D eigenvalue weighted by Gasteiger charge is 2.17. The van der Waals surface area contributed by atoms with Gasteiger partial charge in [-0.15, -0.1) is 0 Å². The van der Waals surface area contributed by atoms with Gasteiger partial charge in [0, 0.05) is 12.8 Å². The van der Waals surface area contributed by atoms with E-state index in [2.05, 4.69) is 0 Å². The molecule has 1 aliphatic rings. The number of carbonyl (C=O) groups is 1. The lowest BCUT2D eigenvalue weighted by molar-refractivity contribution is -0.119. The Morgan fingerprint density at radius 3 is 2.78 bits per heavy atom. The van der Waals surface area contributed by atoms with Crippen molar-refractivity contribution in [3.63, 3.8) is 0 Å². The first-order valence-electron chi connectivity index (χ1n) is 6.18. The second kappa shape index (κ2) is 6.58. The molecule has 4 heteroatoms. The molecule has 1 aromatic carbocycles. The summed E-state index contributed by atoms with van der Waals surface area (Å²) in [6.07, 6.45) is 3.29. The maximum atomic E-state index is 13.0. The molecule has 1 fully saturated rings. The fourth-order valence-corrected chi connectivity index (χ4v) is 3.63. The Labute approximate surface area is 116 Å². The van der Waals surface area contributed by atoms with Gasteiger partial charge < -0.3 is 0 Å². The van der Waals surface area contributed by atoms with Crippen molar-refractivity contribution in [1.82, 2.24) is 0 Å². The van der Waals surface area contributed by atoms with Crippen molar-refractivity contribution in [2.75, 3.05) is 11.5 Å². The molecule has 0 bridgehead atoms. The van der Waals surface area contributed by atoms with E-state index in [0.29, 0.717) is 18.8 Å². The third-order valence-electron chi connectivity index (χ3n) is 3.24. The van der Waals surface area contributed by atoms with Crippen molar-refractivity contribution in [3.05, 3.63) is 34.6 Å². The Hall–Kier alpha value is -0.540. The monoisotopic (exact) mass is 286 g/mol. The molecule has 0 saturated carbocycles. The van der Waals surface area contributed by atoms with Crippen molar-refractivity contribution < 1.29 is 9.18 Å². The Morgan fingerprint density at radius 1 is 1.39 bits per heavy atom. The van der Waals surface area contributed by atoms with Crippen LogP contribution >= 0.6 is 23.4 Å². The summed E-state index contributed by atoms with van der Waals surface area (Å²) in [7, 11) is 0. The highest BCUT2D eigenvalue weighted by Crippen LogP contribution is 2.26. The Morgan fingerprint density at radius 2 is 2.11 bits per heavy atom. The minimum Gasteiger partial charge on any atom is -0.299 e. The van der Waals surface area contributed by atoms with E-state index in [9.17, 15) is 9.18 Å². The van der Waals surface area contributed by atoms with Crippen LogP contribution in [0.1, 0.15) is 24.8 Å². The summed E-state index contributed by atoms with van der Waals surface area (Å²) in [5, 5.41) is 0.0920. The van der Waals surface area contributed by atoms with Crippen molar-refractivity contribution in [2.24, 2.45) is 5.92 Å². The fraction of sp³-hybridized carbons (Fsp3) is 0.500. The van der Waals surface area contributed by atoms with Gasteiger partial charge in [-0.05, 0) is 48.0 Å². The Bertz CT molecular complexity index is 430. The number of thioether (sulfide) groups is 1. The molecule has 0 atom stereocenters. The van der Waals surface area contributed by atoms with Gasteiger partial charge in [0.05, 0.1) is 5.02 Å². The average molecular weight is 287 g/mol. The first-order chi connectivity index (χ1) is 8.65. The smallest absolute Gasteiger partial charge is 0.141 e. The van der Waals surface area contributed by atoms with Crippen LogP contribution in [-0.4, -0.2) is 17.3 Å². The number of rotatable bonds is 4. The van der Waals surface area contributed by atoms with Crippen LogP contribution in [0.15, 0.2) is 18.2 Å². The van der Waals surface area contributed by atoms with E-state index >= 15 is 0 Å². The van der Waals surface area contributed by atoms with E-state index < -0.39 is 5.82 Å². The zero-order valence-corrected chi connectivity index (χ0v) is 11.7. The topological polar surface area (TPSA) is 17.1 Å². The SMILES string of the molecule is O=C(Cc1ccc(F)c(Cl)c1)CC1CCSCC1. The maximum Gasteiger partial charge on any atom is 0.141 e. The predicted molar refractivity (Wildman–Crippen MR) is 74.8 cm³/mol. The van der Waals surface area contributed by atoms with Gasteiger partial charge in [0.1, 0.15) is 11.6 Å². The molecule has 0 aliphatic carbocycles. The number of benzene rings is 1. The zero-order chi connectivity index (χ0) is 13.0. The molecule has 2 rings (SSSR count). The number of ketones is 1. The average Bonchev–Trinajstić information content (AvgIpc) is 2.35. The van der Waals surface area contributed by atoms with Gasteiger partial charge in [0.15, 0.2) is 0 Å². The van der Waals surface area contributed by atoms with Crippen LogP contribution in [0.25, 0.3) is 0 Å². The van der Waals surface area contributed by atoms with Crippen molar-refractivity contribution >= 4 is 29.1 Å². The molecule has 1 aromatic rings. The minimum atomic E-state index is -0.433. The van der Waals surface area contributed by atoms with Gasteiger partial charge in [0.2, 0.25) is 0 Å². The fourth-order valence-electron chi connectivity index (χ4n) is 2.22. The van der Waals surface area contributed by atoms with Crippen LogP contribution in [-0.2, 0) is 11.2 Å². The normalized spacial score (nSPS) is 16.8. The van der Waals surface area contributed by atoms with Gasteiger partial charge in [-0.3, -0.25) is 4.79 Å². The first kappa shape index (κ1) is 13.9. The van der Waals surface area contributed by atoms with Crippen LogP contribution in [0.4, 0.5) is 4.39 Å². The van der Waals surface area contributed by atoms with Gasteiger partial charge in [-0.2, -0.15) is 11.8 Å². The molecule has 0 aromatic heterocycles. The van der Waals surface area contributed by atoms with E-state index in [4.69, 9.17) is 11.6 Å². The van der Waals surface area contributed by atoms with Gasteiger partial charge >= 0.3 is 0 Å². The van der Waals surface area contributed by atoms with E-state index in [-0.39, 0.29) is 10.8 Å². The number of hydrogen-bond donors (Lipinski definition) is 0. The van der Waals surface area contributed by atoms with Crippen molar-refractivity contribution in [1.29, 1.82) is 0 Å². The summed E-state index contributed by atoms with van der Waals surface area (Å²) in [5.74, 6) is 2.67. The number of hydrogen-bond acceptors (Lipinski definition) is 2. The Kier molecular flexibility index (Phi) is 5.07. The van der Waals surface area contributed by atoms with Gasteiger partial charge in [-0.25, -0.2) is 4.39 Å². The molecule has 18 heavy (non-hydrogen) atoms. The minimum absolute atomic E-state index is 0.0920. The number of carbonyl (C=O) groups excluding carboxylic acids is 1. The van der Waals surface area contributed by atoms with Crippen molar-refractivity contribution in [3.8, 4) is 0 Å². The second-order valence-electron chi connectivity index (χ2n) is 4.72. The lowest BCUT2D eigenvalue weighted by atomic mass is 9.94. The summed E-state index contributed by atoms with van der Waals surface area (Å²) in [5.41, 5.74) is 0.802. The van der Waals surface area contributed by atoms with E-state index in [0.717, 1.165) is 18.4 Å². The maximum absolute atomic E-state index is 13.0. The first-order valence-corrected chi connectivity index (χ1v) is 7.72. The van der Waals surface area contributed by atoms with Crippen LogP contribution in [0.5, 0.6) is 0 Å². The van der Waals surface area contributed by atoms with Crippen LogP contribution in [0, 0.1) is 11.7 Å². The Balaban J connectivity index is 1.88. The standard InChI is InChI=1S/C14H16ClFOS/c15-13-9-11(1-2-14(13)16)8-12(17)7-10-3-5-18-6-4-10/h1-2,9-10H,3-8H2. The summed E-state index contributed by atoms with van der Waals surface area (Å²) in [6, 6.07) is 4.50. The molecule has 0 spiro atoms. The molecule has 1 nitrogen and oxygen atoms in total. The quantitative estimate of drug-likeness (QED) is 0.828. The number of halogens is 2. The van der Waals surface area contributed by atoms with Crippen LogP contribution < -0.4 is 0 Å². The zero-order valence-electron chi connectivity index (χ0n) is 10.1. The second-order valence-corrected chi connectivity index (χ2v) is 6.36. The number of Topliss-reactive ketones (excluding diaryl/α,β-unsaturated/α-hetero) is 1. The van der Waals surface area contributed by atoms with Gasteiger partial charge in [0.25, 0.3) is 0 Å². The summed E-state index contributed by atoms with van der Waals surface area (Å²) < 4.78 is 13.0. The van der Waals surface area contributed by atoms with E-state index in [1.165, 1.54) is 17.6 Å². The molecule has 98 valence electrons. The molecule has 0 unspecified atom stereocenters.